The number of nitrogens with one attached hydrogen (secondary N) is 1. The number of benzene rings is 2. The van der Waals surface area contributed by atoms with Gasteiger partial charge in [0.05, 0.1) is 50.0 Å². The molecular formula is C24H30N2O8S. The Labute approximate surface area is 205 Å². The fraction of sp³-hybridized carbons (Fsp3) is 0.417. The number of anilines is 1. The van der Waals surface area contributed by atoms with Crippen molar-refractivity contribution in [3.05, 3.63) is 42.0 Å². The van der Waals surface area contributed by atoms with Crippen LogP contribution in [-0.4, -0.2) is 65.6 Å². The van der Waals surface area contributed by atoms with Gasteiger partial charge >= 0.3 is 5.97 Å². The molecular weight excluding hydrogens is 476 g/mol. The van der Waals surface area contributed by atoms with Gasteiger partial charge in [0, 0.05) is 25.2 Å². The van der Waals surface area contributed by atoms with Crippen molar-refractivity contribution < 1.29 is 37.0 Å². The summed E-state index contributed by atoms with van der Waals surface area (Å²) in [5, 5.41) is 2.74. The first kappa shape index (κ1) is 26.3. The zero-order chi connectivity index (χ0) is 25.6. The van der Waals surface area contributed by atoms with E-state index >= 15 is 0 Å². The van der Waals surface area contributed by atoms with Crippen LogP contribution in [0.1, 0.15) is 30.1 Å². The number of nitrogens with zero attached hydrogens (tertiary/aromatic N) is 1. The SMILES string of the molecule is CCOc1ccc(S(=O)(=O)N2CCC[C@@H](C(=O)Nc3cc(OC)c(OC)cc3C(=O)OC)C2)cc1. The average molecular weight is 507 g/mol. The van der Waals surface area contributed by atoms with Gasteiger partial charge in [0.2, 0.25) is 15.9 Å². The van der Waals surface area contributed by atoms with Crippen LogP contribution in [-0.2, 0) is 19.6 Å². The second-order valence-electron chi connectivity index (χ2n) is 7.84. The van der Waals surface area contributed by atoms with Crippen LogP contribution >= 0.6 is 0 Å². The number of sulfonamides is 1. The molecule has 1 aliphatic heterocycles. The molecule has 3 rings (SSSR count). The monoisotopic (exact) mass is 506 g/mol. The maximum atomic E-state index is 13.2. The van der Waals surface area contributed by atoms with Gasteiger partial charge in [-0.1, -0.05) is 0 Å². The summed E-state index contributed by atoms with van der Waals surface area (Å²) in [5.41, 5.74) is 0.277. The van der Waals surface area contributed by atoms with Crippen molar-refractivity contribution in [2.45, 2.75) is 24.7 Å². The molecule has 0 spiro atoms. The van der Waals surface area contributed by atoms with Crippen LogP contribution in [0.2, 0.25) is 0 Å². The third-order valence-electron chi connectivity index (χ3n) is 5.71. The quantitative estimate of drug-likeness (QED) is 0.516. The zero-order valence-electron chi connectivity index (χ0n) is 20.2. The van der Waals surface area contributed by atoms with E-state index in [1.54, 1.807) is 12.1 Å². The predicted molar refractivity (Wildman–Crippen MR) is 129 cm³/mol. The first-order valence-corrected chi connectivity index (χ1v) is 12.6. The average Bonchev–Trinajstić information content (AvgIpc) is 2.88. The van der Waals surface area contributed by atoms with Gasteiger partial charge in [-0.2, -0.15) is 4.31 Å². The van der Waals surface area contributed by atoms with Gasteiger partial charge in [-0.15, -0.1) is 0 Å². The molecule has 11 heteroatoms. The highest BCUT2D eigenvalue weighted by molar-refractivity contribution is 7.89. The number of methoxy groups -OCH3 is 3. The Hall–Kier alpha value is -3.31. The molecule has 1 fully saturated rings. The molecule has 0 aromatic heterocycles. The Balaban J connectivity index is 1.80. The van der Waals surface area contributed by atoms with E-state index in [0.717, 1.165) is 0 Å². The molecule has 2 aromatic carbocycles. The molecule has 10 nitrogen and oxygen atoms in total. The maximum absolute atomic E-state index is 13.2. The minimum absolute atomic E-state index is 0.0161. The van der Waals surface area contributed by atoms with Gasteiger partial charge in [-0.3, -0.25) is 4.79 Å². The van der Waals surface area contributed by atoms with E-state index in [-0.39, 0.29) is 22.7 Å². The minimum Gasteiger partial charge on any atom is -0.494 e. The summed E-state index contributed by atoms with van der Waals surface area (Å²) in [6, 6.07) is 9.10. The highest BCUT2D eigenvalue weighted by Crippen LogP contribution is 2.34. The molecule has 1 N–H and O–H groups in total. The van der Waals surface area contributed by atoms with Crippen molar-refractivity contribution in [3.8, 4) is 17.2 Å². The molecule has 0 bridgehead atoms. The highest BCUT2D eigenvalue weighted by Gasteiger charge is 2.34. The number of rotatable bonds is 9. The van der Waals surface area contributed by atoms with Gasteiger partial charge < -0.3 is 24.3 Å². The lowest BCUT2D eigenvalue weighted by Gasteiger charge is -2.31. The van der Waals surface area contributed by atoms with Crippen molar-refractivity contribution in [2.24, 2.45) is 5.92 Å². The molecule has 2 aromatic rings. The van der Waals surface area contributed by atoms with Gasteiger partial charge in [-0.05, 0) is 44.0 Å². The number of esters is 1. The van der Waals surface area contributed by atoms with E-state index < -0.39 is 27.8 Å². The summed E-state index contributed by atoms with van der Waals surface area (Å²) in [6.45, 7) is 2.65. The van der Waals surface area contributed by atoms with Crippen molar-refractivity contribution in [1.29, 1.82) is 0 Å². The minimum atomic E-state index is -3.79. The molecule has 1 aliphatic rings. The molecule has 1 atom stereocenters. The van der Waals surface area contributed by atoms with Crippen molar-refractivity contribution >= 4 is 27.6 Å². The molecule has 1 amide bonds. The van der Waals surface area contributed by atoms with E-state index in [1.807, 2.05) is 6.92 Å². The standard InChI is InChI=1S/C24H30N2O8S/c1-5-34-17-8-10-18(11-9-17)35(29,30)26-12-6-7-16(15-26)23(27)25-20-14-22(32-3)21(31-2)13-19(20)24(28)33-4/h8-11,13-14,16H,5-7,12,15H2,1-4H3,(H,25,27)/t16-/m1/s1. The van der Waals surface area contributed by atoms with E-state index in [1.165, 1.54) is 49.9 Å². The number of hydrogen-bond donors (Lipinski definition) is 1. The first-order valence-electron chi connectivity index (χ1n) is 11.1. The summed E-state index contributed by atoms with van der Waals surface area (Å²) >= 11 is 0. The highest BCUT2D eigenvalue weighted by atomic mass is 32.2. The summed E-state index contributed by atoms with van der Waals surface area (Å²) in [7, 11) is 0.306. The maximum Gasteiger partial charge on any atom is 0.340 e. The zero-order valence-corrected chi connectivity index (χ0v) is 21.0. The topological polar surface area (TPSA) is 120 Å². The summed E-state index contributed by atoms with van der Waals surface area (Å²) in [5.74, 6) is -0.480. The van der Waals surface area contributed by atoms with E-state index in [4.69, 9.17) is 18.9 Å². The molecule has 35 heavy (non-hydrogen) atoms. The Morgan fingerprint density at radius 1 is 1.06 bits per heavy atom. The Morgan fingerprint density at radius 3 is 2.31 bits per heavy atom. The molecule has 0 saturated carbocycles. The third kappa shape index (κ3) is 5.85. The molecule has 0 radical (unpaired) electrons. The Morgan fingerprint density at radius 2 is 1.71 bits per heavy atom. The van der Waals surface area contributed by atoms with Crippen molar-refractivity contribution in [2.75, 3.05) is 46.3 Å². The Kier molecular flexibility index (Phi) is 8.57. The largest absolute Gasteiger partial charge is 0.494 e. The Bertz CT molecular complexity index is 1160. The van der Waals surface area contributed by atoms with Crippen LogP contribution in [0.5, 0.6) is 17.2 Å². The van der Waals surface area contributed by atoms with Crippen LogP contribution in [0.3, 0.4) is 0 Å². The molecule has 190 valence electrons. The fourth-order valence-corrected chi connectivity index (χ4v) is 5.42. The number of piperidine rings is 1. The number of carbonyl (C=O) groups excluding carboxylic acids is 2. The van der Waals surface area contributed by atoms with Crippen LogP contribution in [0.4, 0.5) is 5.69 Å². The lowest BCUT2D eigenvalue weighted by Crippen LogP contribution is -2.43. The normalized spacial score (nSPS) is 16.3. The molecule has 1 heterocycles. The second-order valence-corrected chi connectivity index (χ2v) is 9.78. The van der Waals surface area contributed by atoms with Gasteiger partial charge in [0.25, 0.3) is 0 Å². The van der Waals surface area contributed by atoms with E-state index in [2.05, 4.69) is 5.32 Å². The number of ether oxygens (including phenoxy) is 4. The second kappa shape index (κ2) is 11.4. The lowest BCUT2D eigenvalue weighted by atomic mass is 9.98. The number of amides is 1. The summed E-state index contributed by atoms with van der Waals surface area (Å²) in [4.78, 5) is 25.6. The summed E-state index contributed by atoms with van der Waals surface area (Å²) in [6.07, 6.45) is 1.02. The molecule has 0 unspecified atom stereocenters. The van der Waals surface area contributed by atoms with Gasteiger partial charge in [0.15, 0.2) is 11.5 Å². The number of hydrogen-bond acceptors (Lipinski definition) is 8. The van der Waals surface area contributed by atoms with Crippen LogP contribution < -0.4 is 19.5 Å². The van der Waals surface area contributed by atoms with Gasteiger partial charge in [-0.25, -0.2) is 13.2 Å². The third-order valence-corrected chi connectivity index (χ3v) is 7.59. The van der Waals surface area contributed by atoms with Gasteiger partial charge in [0.1, 0.15) is 5.75 Å². The van der Waals surface area contributed by atoms with Crippen molar-refractivity contribution in [3.63, 3.8) is 0 Å². The summed E-state index contributed by atoms with van der Waals surface area (Å²) < 4.78 is 48.4. The van der Waals surface area contributed by atoms with E-state index in [9.17, 15) is 18.0 Å². The first-order chi connectivity index (χ1) is 16.7. The van der Waals surface area contributed by atoms with Crippen LogP contribution in [0.25, 0.3) is 0 Å². The van der Waals surface area contributed by atoms with Crippen molar-refractivity contribution in [1.82, 2.24) is 4.31 Å². The molecule has 1 saturated heterocycles. The van der Waals surface area contributed by atoms with Crippen LogP contribution in [0, 0.1) is 5.92 Å². The smallest absolute Gasteiger partial charge is 0.340 e. The molecule has 0 aliphatic carbocycles. The predicted octanol–water partition coefficient (Wildman–Crippen LogP) is 2.93. The fourth-order valence-electron chi connectivity index (χ4n) is 3.89. The van der Waals surface area contributed by atoms with E-state index in [0.29, 0.717) is 43.2 Å². The van der Waals surface area contributed by atoms with Crippen LogP contribution in [0.15, 0.2) is 41.3 Å². The number of carbonyl (C=O) groups is 2. The lowest BCUT2D eigenvalue weighted by molar-refractivity contribution is -0.120.